The van der Waals surface area contributed by atoms with E-state index in [1.165, 1.54) is 6.42 Å². The highest BCUT2D eigenvalue weighted by molar-refractivity contribution is 9.10. The molecule has 1 aromatic carbocycles. The summed E-state index contributed by atoms with van der Waals surface area (Å²) >= 11 is 3.50. The standard InChI is InChI=1S/C14H18BrN3O/c1-17-9-14(19)18(8-11-3-2-6-16-11)13-7-10(15)4-5-12(13)17/h4-5,7,11,16H,2-3,6,8-9H2,1H3. The van der Waals surface area contributed by atoms with Gasteiger partial charge in [0.2, 0.25) is 5.91 Å². The van der Waals surface area contributed by atoms with Crippen LogP contribution in [-0.4, -0.2) is 38.6 Å². The number of carbonyl (C=O) groups is 1. The molecule has 1 aromatic rings. The Bertz CT molecular complexity index is 499. The summed E-state index contributed by atoms with van der Waals surface area (Å²) in [4.78, 5) is 16.3. The van der Waals surface area contributed by atoms with E-state index in [-0.39, 0.29) is 5.91 Å². The molecule has 2 heterocycles. The van der Waals surface area contributed by atoms with Gasteiger partial charge in [-0.2, -0.15) is 0 Å². The van der Waals surface area contributed by atoms with Crippen LogP contribution in [0, 0.1) is 0 Å². The van der Waals surface area contributed by atoms with E-state index in [1.54, 1.807) is 0 Å². The van der Waals surface area contributed by atoms with E-state index in [0.29, 0.717) is 12.6 Å². The lowest BCUT2D eigenvalue weighted by Crippen LogP contribution is -2.48. The second-order valence-electron chi connectivity index (χ2n) is 5.29. The average Bonchev–Trinajstić information content (AvgIpc) is 2.87. The Hall–Kier alpha value is -1.07. The summed E-state index contributed by atoms with van der Waals surface area (Å²) in [5.74, 6) is 0.182. The highest BCUT2D eigenvalue weighted by atomic mass is 79.9. The molecule has 19 heavy (non-hydrogen) atoms. The van der Waals surface area contributed by atoms with Gasteiger partial charge in [-0.3, -0.25) is 4.79 Å². The molecule has 1 fully saturated rings. The molecule has 0 aromatic heterocycles. The number of rotatable bonds is 2. The van der Waals surface area contributed by atoms with Gasteiger partial charge < -0.3 is 15.1 Å². The molecule has 1 saturated heterocycles. The van der Waals surface area contributed by atoms with Crippen LogP contribution in [0.5, 0.6) is 0 Å². The summed E-state index contributed by atoms with van der Waals surface area (Å²) in [7, 11) is 1.97. The molecular weight excluding hydrogens is 306 g/mol. The summed E-state index contributed by atoms with van der Waals surface area (Å²) in [5, 5.41) is 3.46. The Morgan fingerprint density at radius 1 is 1.42 bits per heavy atom. The van der Waals surface area contributed by atoms with Crippen molar-refractivity contribution in [3.8, 4) is 0 Å². The van der Waals surface area contributed by atoms with Crippen molar-refractivity contribution in [2.75, 3.05) is 36.5 Å². The predicted molar refractivity (Wildman–Crippen MR) is 80.8 cm³/mol. The third-order valence-electron chi connectivity index (χ3n) is 3.88. The van der Waals surface area contributed by atoms with Gasteiger partial charge in [0, 0.05) is 24.1 Å². The van der Waals surface area contributed by atoms with E-state index in [2.05, 4.69) is 27.3 Å². The number of nitrogens with one attached hydrogen (secondary N) is 1. The van der Waals surface area contributed by atoms with E-state index < -0.39 is 0 Å². The molecule has 102 valence electrons. The van der Waals surface area contributed by atoms with Crippen LogP contribution in [0.25, 0.3) is 0 Å². The highest BCUT2D eigenvalue weighted by Gasteiger charge is 2.30. The van der Waals surface area contributed by atoms with Crippen molar-refractivity contribution < 1.29 is 4.79 Å². The van der Waals surface area contributed by atoms with Gasteiger partial charge in [0.05, 0.1) is 17.9 Å². The normalized spacial score (nSPS) is 22.8. The molecule has 0 radical (unpaired) electrons. The number of hydrogen-bond donors (Lipinski definition) is 1. The Labute approximate surface area is 121 Å². The van der Waals surface area contributed by atoms with Gasteiger partial charge >= 0.3 is 0 Å². The highest BCUT2D eigenvalue weighted by Crippen LogP contribution is 2.35. The predicted octanol–water partition coefficient (Wildman–Crippen LogP) is 1.98. The lowest BCUT2D eigenvalue weighted by Gasteiger charge is -2.36. The Balaban J connectivity index is 1.92. The maximum atomic E-state index is 12.3. The summed E-state index contributed by atoms with van der Waals surface area (Å²) in [6.07, 6.45) is 2.36. The molecule has 0 spiro atoms. The first-order valence-corrected chi connectivity index (χ1v) is 7.49. The lowest BCUT2D eigenvalue weighted by atomic mass is 10.1. The Kier molecular flexibility index (Phi) is 3.50. The molecule has 1 unspecified atom stereocenters. The first-order valence-electron chi connectivity index (χ1n) is 6.69. The number of nitrogens with zero attached hydrogens (tertiary/aromatic N) is 2. The van der Waals surface area contributed by atoms with Gasteiger partial charge in [0.25, 0.3) is 0 Å². The van der Waals surface area contributed by atoms with Crippen molar-refractivity contribution in [1.29, 1.82) is 0 Å². The maximum absolute atomic E-state index is 12.3. The monoisotopic (exact) mass is 323 g/mol. The van der Waals surface area contributed by atoms with Crippen LogP contribution < -0.4 is 15.1 Å². The van der Waals surface area contributed by atoms with Crippen molar-refractivity contribution in [3.63, 3.8) is 0 Å². The Morgan fingerprint density at radius 2 is 2.26 bits per heavy atom. The van der Waals surface area contributed by atoms with E-state index in [4.69, 9.17) is 0 Å². The van der Waals surface area contributed by atoms with Crippen LogP contribution >= 0.6 is 15.9 Å². The van der Waals surface area contributed by atoms with Crippen molar-refractivity contribution in [2.45, 2.75) is 18.9 Å². The van der Waals surface area contributed by atoms with Crippen molar-refractivity contribution in [3.05, 3.63) is 22.7 Å². The quantitative estimate of drug-likeness (QED) is 0.904. The molecule has 2 aliphatic heterocycles. The number of hydrogen-bond acceptors (Lipinski definition) is 3. The third-order valence-corrected chi connectivity index (χ3v) is 4.37. The van der Waals surface area contributed by atoms with Crippen LogP contribution in [0.4, 0.5) is 11.4 Å². The topological polar surface area (TPSA) is 35.6 Å². The van der Waals surface area contributed by atoms with Crippen LogP contribution in [0.2, 0.25) is 0 Å². The minimum absolute atomic E-state index is 0.182. The van der Waals surface area contributed by atoms with E-state index in [0.717, 1.165) is 35.4 Å². The number of carbonyl (C=O) groups excluding carboxylic acids is 1. The fraction of sp³-hybridized carbons (Fsp3) is 0.500. The zero-order chi connectivity index (χ0) is 13.4. The van der Waals surface area contributed by atoms with Crippen molar-refractivity contribution in [2.24, 2.45) is 0 Å². The van der Waals surface area contributed by atoms with Gasteiger partial charge in [0.15, 0.2) is 0 Å². The molecule has 0 bridgehead atoms. The minimum Gasteiger partial charge on any atom is -0.364 e. The van der Waals surface area contributed by atoms with Gasteiger partial charge in [-0.1, -0.05) is 15.9 Å². The molecule has 4 nitrogen and oxygen atoms in total. The molecule has 1 atom stereocenters. The maximum Gasteiger partial charge on any atom is 0.246 e. The second kappa shape index (κ2) is 5.13. The van der Waals surface area contributed by atoms with E-state index in [9.17, 15) is 4.79 Å². The summed E-state index contributed by atoms with van der Waals surface area (Å²) < 4.78 is 1.01. The van der Waals surface area contributed by atoms with E-state index >= 15 is 0 Å². The average molecular weight is 324 g/mol. The Morgan fingerprint density at radius 3 is 3.00 bits per heavy atom. The van der Waals surface area contributed by atoms with Crippen molar-refractivity contribution in [1.82, 2.24) is 5.32 Å². The fourth-order valence-electron chi connectivity index (χ4n) is 2.88. The minimum atomic E-state index is 0.182. The fourth-order valence-corrected chi connectivity index (χ4v) is 3.23. The molecule has 2 aliphatic rings. The molecule has 1 N–H and O–H groups in total. The summed E-state index contributed by atoms with van der Waals surface area (Å²) in [5.41, 5.74) is 2.14. The van der Waals surface area contributed by atoms with Crippen LogP contribution in [-0.2, 0) is 4.79 Å². The van der Waals surface area contributed by atoms with Crippen LogP contribution in [0.3, 0.4) is 0 Å². The van der Waals surface area contributed by atoms with Gasteiger partial charge in [-0.25, -0.2) is 0 Å². The zero-order valence-corrected chi connectivity index (χ0v) is 12.6. The zero-order valence-electron chi connectivity index (χ0n) is 11.0. The van der Waals surface area contributed by atoms with E-state index in [1.807, 2.05) is 29.0 Å². The number of halogens is 1. The summed E-state index contributed by atoms with van der Waals surface area (Å²) in [6, 6.07) is 6.56. The molecular formula is C14H18BrN3O. The number of anilines is 2. The molecule has 5 heteroatoms. The van der Waals surface area contributed by atoms with Gasteiger partial charge in [-0.05, 0) is 37.6 Å². The SMILES string of the molecule is CN1CC(=O)N(CC2CCCN2)c2cc(Br)ccc21. The molecule has 3 rings (SSSR count). The van der Waals surface area contributed by atoms with Gasteiger partial charge in [0.1, 0.15) is 0 Å². The third kappa shape index (κ3) is 2.49. The van der Waals surface area contributed by atoms with Crippen LogP contribution in [0.15, 0.2) is 22.7 Å². The molecule has 0 aliphatic carbocycles. The lowest BCUT2D eigenvalue weighted by molar-refractivity contribution is -0.117. The second-order valence-corrected chi connectivity index (χ2v) is 6.20. The smallest absolute Gasteiger partial charge is 0.246 e. The molecule has 0 saturated carbocycles. The number of fused-ring (bicyclic) bond motifs is 1. The first kappa shape index (κ1) is 12.9. The van der Waals surface area contributed by atoms with Crippen LogP contribution in [0.1, 0.15) is 12.8 Å². The number of likely N-dealkylation sites (N-methyl/N-ethyl adjacent to an activating group) is 1. The number of benzene rings is 1. The molecule has 1 amide bonds. The summed E-state index contributed by atoms with van der Waals surface area (Å²) in [6.45, 7) is 2.30. The van der Waals surface area contributed by atoms with Gasteiger partial charge in [-0.15, -0.1) is 0 Å². The largest absolute Gasteiger partial charge is 0.364 e. The van der Waals surface area contributed by atoms with Crippen molar-refractivity contribution >= 4 is 33.2 Å². The number of amides is 1. The first-order chi connectivity index (χ1) is 9.15.